The Bertz CT molecular complexity index is 1430. The van der Waals surface area contributed by atoms with Crippen LogP contribution >= 0.6 is 0 Å². The van der Waals surface area contributed by atoms with Gasteiger partial charge in [-0.2, -0.15) is 0 Å². The van der Waals surface area contributed by atoms with Crippen LogP contribution in [0.5, 0.6) is 0 Å². The third-order valence-electron chi connectivity index (χ3n) is 8.57. The minimum absolute atomic E-state index is 0. The van der Waals surface area contributed by atoms with Crippen molar-refractivity contribution in [1.29, 1.82) is 0 Å². The summed E-state index contributed by atoms with van der Waals surface area (Å²) in [5, 5.41) is 1.66. The molecule has 0 spiro atoms. The van der Waals surface area contributed by atoms with E-state index in [4.69, 9.17) is 0 Å². The maximum atomic E-state index is 2.83. The molecule has 0 atom stereocenters. The summed E-state index contributed by atoms with van der Waals surface area (Å²) in [5.74, 6) is 0. The molecule has 0 radical (unpaired) electrons. The van der Waals surface area contributed by atoms with Crippen molar-refractivity contribution in [3.63, 3.8) is 0 Å². The molecule has 4 heteroatoms. The number of fused-ring (bicyclic) bond motifs is 3. The second-order valence-corrected chi connectivity index (χ2v) is 26.0. The van der Waals surface area contributed by atoms with Gasteiger partial charge in [-0.1, -0.05) is 0 Å². The molecule has 5 rings (SSSR count). The van der Waals surface area contributed by atoms with Crippen molar-refractivity contribution < 1.29 is 46.1 Å². The molecule has 0 aromatic heterocycles. The van der Waals surface area contributed by atoms with Gasteiger partial charge in [-0.15, -0.1) is 0 Å². The number of rotatable bonds is 5. The molecular formula is C37H46Cl2SiZr. The number of allylic oxidation sites excluding steroid dienone is 4. The smallest absolute Gasteiger partial charge is 1.00 e. The van der Waals surface area contributed by atoms with Gasteiger partial charge in [0.25, 0.3) is 0 Å². The Morgan fingerprint density at radius 3 is 1.71 bits per heavy atom. The Morgan fingerprint density at radius 2 is 1.27 bits per heavy atom. The van der Waals surface area contributed by atoms with Crippen molar-refractivity contribution in [3.05, 3.63) is 115 Å². The van der Waals surface area contributed by atoms with E-state index in [1.165, 1.54) is 34.2 Å². The van der Waals surface area contributed by atoms with E-state index in [0.29, 0.717) is 3.63 Å². The van der Waals surface area contributed by atoms with E-state index in [9.17, 15) is 0 Å². The first-order valence-corrected chi connectivity index (χ1v) is 22.2. The molecule has 0 saturated carbocycles. The molecule has 0 heterocycles. The number of hydrogen-bond donors (Lipinski definition) is 0. The van der Waals surface area contributed by atoms with E-state index in [1.54, 1.807) is 19.6 Å². The summed E-state index contributed by atoms with van der Waals surface area (Å²) in [7, 11) is -1.35. The van der Waals surface area contributed by atoms with E-state index in [1.807, 2.05) is 0 Å². The zero-order valence-electron chi connectivity index (χ0n) is 26.3. The summed E-state index contributed by atoms with van der Waals surface area (Å²) in [6, 6.07) is 26.0. The van der Waals surface area contributed by atoms with E-state index < -0.39 is 29.3 Å². The number of benzene rings is 3. The average Bonchev–Trinajstić information content (AvgIpc) is 3.47. The topological polar surface area (TPSA) is 0 Å². The van der Waals surface area contributed by atoms with Crippen LogP contribution in [0.1, 0.15) is 79.4 Å². The Morgan fingerprint density at radius 1 is 0.756 bits per heavy atom. The summed E-state index contributed by atoms with van der Waals surface area (Å²) < 4.78 is 5.16. The molecule has 0 fully saturated rings. The van der Waals surface area contributed by atoms with Crippen molar-refractivity contribution in [3.8, 4) is 11.1 Å². The van der Waals surface area contributed by atoms with Crippen molar-refractivity contribution in [2.24, 2.45) is 0 Å². The van der Waals surface area contributed by atoms with Gasteiger partial charge in [0.2, 0.25) is 0 Å². The SMILES string of the molecule is CC(C)(C)c1ccc2c(c1)[CH](/[Zr+2](=[CH]\Cc1ccccc1)[C]1=CC([Si](C)(C)C)=CC1)c1cc(C(C)(C)C)ccc1-2.[Cl-].[Cl-]. The fourth-order valence-corrected chi connectivity index (χ4v) is 15.4. The fourth-order valence-electron chi connectivity index (χ4n) is 6.05. The van der Waals surface area contributed by atoms with E-state index in [0.717, 1.165) is 6.42 Å². The maximum absolute atomic E-state index is 2.83. The van der Waals surface area contributed by atoms with Crippen LogP contribution in [0.4, 0.5) is 0 Å². The van der Waals surface area contributed by atoms with Crippen LogP contribution in [0.2, 0.25) is 19.6 Å². The molecule has 3 aromatic carbocycles. The van der Waals surface area contributed by atoms with E-state index >= 15 is 0 Å². The molecule has 41 heavy (non-hydrogen) atoms. The van der Waals surface area contributed by atoms with E-state index in [2.05, 4.69) is 144 Å². The zero-order valence-corrected chi connectivity index (χ0v) is 31.3. The summed E-state index contributed by atoms with van der Waals surface area (Å²) in [5.41, 5.74) is 10.8. The van der Waals surface area contributed by atoms with Crippen LogP contribution in [-0.2, 0) is 38.5 Å². The normalized spacial score (nSPS) is 15.0. The first-order chi connectivity index (χ1) is 18.2. The number of halogens is 2. The van der Waals surface area contributed by atoms with Gasteiger partial charge in [-0.3, -0.25) is 0 Å². The van der Waals surface area contributed by atoms with Crippen molar-refractivity contribution in [2.75, 3.05) is 0 Å². The molecule has 2 aliphatic rings. The summed E-state index contributed by atoms with van der Waals surface area (Å²) in [6.07, 6.45) is 7.51. The standard InChI is InChI=1S/C21H25.C8H13Si.C8H8.2ClH.Zr/c1-20(2,3)16-7-9-18-14(12-16)11-15-13-17(21(4,5)6)8-10-19(15)18;1-9(2,3)8-6-4-5-7-8;1-2-8-6-4-3-5-7-8;;;/h7-13H,1-6H3;6-7H,4H2,1-3H3;1,3-7H,2H2;2*1H;/q;;;;;+2/p-2. The average molecular weight is 681 g/mol. The summed E-state index contributed by atoms with van der Waals surface area (Å²) in [6.45, 7) is 21.6. The third kappa shape index (κ3) is 7.26. The Balaban J connectivity index is 0.00000231. The Labute approximate surface area is 270 Å². The van der Waals surface area contributed by atoms with Crippen LogP contribution in [0.25, 0.3) is 11.1 Å². The first-order valence-electron chi connectivity index (χ1n) is 14.7. The molecule has 0 bridgehead atoms. The molecule has 0 nitrogen and oxygen atoms in total. The van der Waals surface area contributed by atoms with Crippen molar-refractivity contribution in [1.82, 2.24) is 0 Å². The Kier molecular flexibility index (Phi) is 10.6. The van der Waals surface area contributed by atoms with Crippen LogP contribution in [0.15, 0.2) is 87.4 Å². The van der Waals surface area contributed by atoms with Gasteiger partial charge in [0, 0.05) is 0 Å². The van der Waals surface area contributed by atoms with Gasteiger partial charge in [0.15, 0.2) is 0 Å². The molecule has 0 unspecified atom stereocenters. The van der Waals surface area contributed by atoms with Crippen LogP contribution in [-0.4, -0.2) is 11.8 Å². The quantitative estimate of drug-likeness (QED) is 0.356. The second kappa shape index (κ2) is 12.7. The van der Waals surface area contributed by atoms with Gasteiger partial charge < -0.3 is 24.8 Å². The molecule has 216 valence electrons. The zero-order chi connectivity index (χ0) is 28.2. The fraction of sp³-hybridized carbons (Fsp3) is 0.378. The van der Waals surface area contributed by atoms with Crippen LogP contribution in [0.3, 0.4) is 0 Å². The van der Waals surface area contributed by atoms with Crippen molar-refractivity contribution in [2.45, 2.75) is 88.5 Å². The summed E-state index contributed by atoms with van der Waals surface area (Å²) in [4.78, 5) is 0. The van der Waals surface area contributed by atoms with Crippen LogP contribution < -0.4 is 24.8 Å². The molecule has 2 aliphatic carbocycles. The van der Waals surface area contributed by atoms with Crippen molar-refractivity contribution >= 4 is 11.8 Å². The molecular weight excluding hydrogens is 635 g/mol. The maximum Gasteiger partial charge on any atom is -1.00 e. The van der Waals surface area contributed by atoms with Gasteiger partial charge in [0.1, 0.15) is 0 Å². The monoisotopic (exact) mass is 678 g/mol. The largest absolute Gasteiger partial charge is 1.00 e. The minimum atomic E-state index is -2.33. The number of hydrogen-bond acceptors (Lipinski definition) is 0. The molecule has 0 N–H and O–H groups in total. The third-order valence-corrected chi connectivity index (χ3v) is 18.0. The predicted molar refractivity (Wildman–Crippen MR) is 171 cm³/mol. The molecule has 0 amide bonds. The summed E-state index contributed by atoms with van der Waals surface area (Å²) >= 11 is -2.33. The molecule has 3 aromatic rings. The molecule has 0 saturated heterocycles. The van der Waals surface area contributed by atoms with E-state index in [-0.39, 0.29) is 35.6 Å². The van der Waals surface area contributed by atoms with Gasteiger partial charge in [0.05, 0.1) is 0 Å². The predicted octanol–water partition coefficient (Wildman–Crippen LogP) is 4.11. The second-order valence-electron chi connectivity index (χ2n) is 14.7. The Hall–Kier alpha value is -1.31. The first kappa shape index (κ1) is 34.2. The van der Waals surface area contributed by atoms with Gasteiger partial charge in [-0.05, 0) is 0 Å². The van der Waals surface area contributed by atoms with Gasteiger partial charge >= 0.3 is 248 Å². The van der Waals surface area contributed by atoms with Crippen LogP contribution in [0, 0.1) is 0 Å². The molecule has 0 aliphatic heterocycles. The minimum Gasteiger partial charge on any atom is -1.00 e. The van der Waals surface area contributed by atoms with Gasteiger partial charge in [-0.25, -0.2) is 0 Å².